The number of hydrogen-bond acceptors (Lipinski definition) is 8. The van der Waals surface area contributed by atoms with Crippen LogP contribution in [0.15, 0.2) is 64.4 Å². The maximum absolute atomic E-state index is 13.2. The van der Waals surface area contributed by atoms with Crippen LogP contribution >= 0.6 is 23.1 Å². The Bertz CT molecular complexity index is 1330. The molecule has 190 valence electrons. The summed E-state index contributed by atoms with van der Waals surface area (Å²) in [5.41, 5.74) is 1.21. The van der Waals surface area contributed by atoms with Gasteiger partial charge < -0.3 is 10.1 Å². The second-order valence-electron chi connectivity index (χ2n) is 8.10. The SMILES string of the molecule is CCOC(=O)c1sc(NC(=O)C2CCN(S(=O)(=O)c3ccccc3SC)CC2)nc1-c1ccccc1. The zero-order valence-electron chi connectivity index (χ0n) is 20.0. The van der Waals surface area contributed by atoms with Gasteiger partial charge in [-0.05, 0) is 38.2 Å². The Kier molecular flexibility index (Phi) is 8.45. The molecule has 0 saturated carbocycles. The average molecular weight is 546 g/mol. The quantitative estimate of drug-likeness (QED) is 0.322. The molecule has 2 aromatic carbocycles. The van der Waals surface area contributed by atoms with Gasteiger partial charge in [-0.25, -0.2) is 18.2 Å². The van der Waals surface area contributed by atoms with Crippen molar-refractivity contribution >= 4 is 50.1 Å². The molecule has 0 bridgehead atoms. The molecule has 1 aliphatic rings. The molecule has 1 N–H and O–H groups in total. The largest absolute Gasteiger partial charge is 0.462 e. The van der Waals surface area contributed by atoms with Crippen molar-refractivity contribution in [2.75, 3.05) is 31.3 Å². The van der Waals surface area contributed by atoms with E-state index in [1.54, 1.807) is 25.1 Å². The van der Waals surface area contributed by atoms with E-state index in [-0.39, 0.29) is 31.5 Å². The minimum absolute atomic E-state index is 0.232. The van der Waals surface area contributed by atoms with Gasteiger partial charge in [-0.3, -0.25) is 4.79 Å². The molecule has 4 rings (SSSR count). The van der Waals surface area contributed by atoms with Crippen LogP contribution in [0.3, 0.4) is 0 Å². The highest BCUT2D eigenvalue weighted by Crippen LogP contribution is 2.33. The number of hydrogen-bond donors (Lipinski definition) is 1. The Morgan fingerprint density at radius 1 is 1.11 bits per heavy atom. The highest BCUT2D eigenvalue weighted by molar-refractivity contribution is 7.99. The van der Waals surface area contributed by atoms with Crippen molar-refractivity contribution in [1.29, 1.82) is 0 Å². The maximum atomic E-state index is 13.2. The molecule has 8 nitrogen and oxygen atoms in total. The number of carbonyl (C=O) groups is 2. The summed E-state index contributed by atoms with van der Waals surface area (Å²) < 4.78 is 33.0. The van der Waals surface area contributed by atoms with Crippen LogP contribution in [0.5, 0.6) is 0 Å². The molecule has 0 radical (unpaired) electrons. The molecule has 0 spiro atoms. The fourth-order valence-electron chi connectivity index (χ4n) is 4.04. The van der Waals surface area contributed by atoms with Gasteiger partial charge in [0.15, 0.2) is 5.13 Å². The van der Waals surface area contributed by atoms with Gasteiger partial charge in [0.25, 0.3) is 0 Å². The Morgan fingerprint density at radius 3 is 2.44 bits per heavy atom. The summed E-state index contributed by atoms with van der Waals surface area (Å²) in [6, 6.07) is 16.2. The number of esters is 1. The number of thiazole rings is 1. The molecule has 1 saturated heterocycles. The third-order valence-corrected chi connectivity index (χ3v) is 9.71. The number of amides is 1. The topological polar surface area (TPSA) is 106 Å². The number of nitrogens with zero attached hydrogens (tertiary/aromatic N) is 2. The number of nitrogens with one attached hydrogen (secondary N) is 1. The molecule has 1 amide bonds. The molecule has 1 aromatic heterocycles. The lowest BCUT2D eigenvalue weighted by molar-refractivity contribution is -0.120. The van der Waals surface area contributed by atoms with Crippen molar-refractivity contribution in [2.45, 2.75) is 29.6 Å². The van der Waals surface area contributed by atoms with E-state index in [1.807, 2.05) is 42.7 Å². The zero-order chi connectivity index (χ0) is 25.7. The number of piperidine rings is 1. The van der Waals surface area contributed by atoms with E-state index in [1.165, 1.54) is 16.1 Å². The van der Waals surface area contributed by atoms with Gasteiger partial charge >= 0.3 is 5.97 Å². The van der Waals surface area contributed by atoms with Gasteiger partial charge in [0.05, 0.1) is 17.2 Å². The fourth-order valence-corrected chi connectivity index (χ4v) is 7.51. The number of ether oxygens (including phenoxy) is 1. The van der Waals surface area contributed by atoms with Gasteiger partial charge in [-0.2, -0.15) is 4.31 Å². The molecule has 2 heterocycles. The molecule has 3 aromatic rings. The molecule has 0 unspecified atom stereocenters. The predicted octanol–water partition coefficient (Wildman–Crippen LogP) is 4.75. The average Bonchev–Trinajstić information content (AvgIpc) is 3.33. The predicted molar refractivity (Wildman–Crippen MR) is 142 cm³/mol. The second kappa shape index (κ2) is 11.5. The van der Waals surface area contributed by atoms with Gasteiger partial charge in [-0.15, -0.1) is 11.8 Å². The van der Waals surface area contributed by atoms with Crippen LogP contribution in [0.1, 0.15) is 29.4 Å². The molecular formula is C25H27N3O5S3. The first-order chi connectivity index (χ1) is 17.3. The summed E-state index contributed by atoms with van der Waals surface area (Å²) in [5.74, 6) is -1.08. The summed E-state index contributed by atoms with van der Waals surface area (Å²) >= 11 is 2.47. The highest BCUT2D eigenvalue weighted by atomic mass is 32.2. The summed E-state index contributed by atoms with van der Waals surface area (Å²) in [6.45, 7) is 2.47. The molecule has 1 aliphatic heterocycles. The van der Waals surface area contributed by atoms with E-state index in [0.29, 0.717) is 38.3 Å². The van der Waals surface area contributed by atoms with E-state index < -0.39 is 16.0 Å². The lowest BCUT2D eigenvalue weighted by atomic mass is 9.97. The van der Waals surface area contributed by atoms with Crippen LogP contribution in [0.2, 0.25) is 0 Å². The van der Waals surface area contributed by atoms with Crippen molar-refractivity contribution in [1.82, 2.24) is 9.29 Å². The van der Waals surface area contributed by atoms with E-state index in [9.17, 15) is 18.0 Å². The number of sulfonamides is 1. The first-order valence-corrected chi connectivity index (χ1v) is 15.0. The number of carbonyl (C=O) groups excluding carboxylic acids is 2. The van der Waals surface area contributed by atoms with E-state index >= 15 is 0 Å². The maximum Gasteiger partial charge on any atom is 0.350 e. The lowest BCUT2D eigenvalue weighted by Gasteiger charge is -2.30. The summed E-state index contributed by atoms with van der Waals surface area (Å²) in [5, 5.41) is 3.14. The van der Waals surface area contributed by atoms with Gasteiger partial charge in [0.1, 0.15) is 4.88 Å². The number of thioether (sulfide) groups is 1. The first-order valence-electron chi connectivity index (χ1n) is 11.5. The van der Waals surface area contributed by atoms with Gasteiger partial charge in [0.2, 0.25) is 15.9 Å². The molecular weight excluding hydrogens is 518 g/mol. The van der Waals surface area contributed by atoms with Crippen molar-refractivity contribution in [2.24, 2.45) is 5.92 Å². The summed E-state index contributed by atoms with van der Waals surface area (Å²) in [7, 11) is -3.64. The summed E-state index contributed by atoms with van der Waals surface area (Å²) in [6.07, 6.45) is 2.64. The lowest BCUT2D eigenvalue weighted by Crippen LogP contribution is -2.41. The Hall–Kier alpha value is -2.73. The van der Waals surface area contributed by atoms with Crippen molar-refractivity contribution in [3.63, 3.8) is 0 Å². The number of aromatic nitrogens is 1. The summed E-state index contributed by atoms with van der Waals surface area (Å²) in [4.78, 5) is 31.3. The Morgan fingerprint density at radius 2 is 1.78 bits per heavy atom. The minimum Gasteiger partial charge on any atom is -0.462 e. The molecule has 36 heavy (non-hydrogen) atoms. The number of rotatable bonds is 8. The van der Waals surface area contributed by atoms with E-state index in [0.717, 1.165) is 16.9 Å². The first kappa shape index (κ1) is 26.3. The fraction of sp³-hybridized carbons (Fsp3) is 0.320. The molecule has 0 atom stereocenters. The van der Waals surface area contributed by atoms with Crippen LogP contribution in [0.4, 0.5) is 5.13 Å². The smallest absolute Gasteiger partial charge is 0.350 e. The van der Waals surface area contributed by atoms with Gasteiger partial charge in [0, 0.05) is 29.5 Å². The second-order valence-corrected chi connectivity index (χ2v) is 11.9. The van der Waals surface area contributed by atoms with Crippen molar-refractivity contribution < 1.29 is 22.7 Å². The van der Waals surface area contributed by atoms with Crippen LogP contribution < -0.4 is 5.32 Å². The van der Waals surface area contributed by atoms with Crippen molar-refractivity contribution in [3.8, 4) is 11.3 Å². The third-order valence-electron chi connectivity index (χ3n) is 5.88. The standard InChI is InChI=1S/C25H27N3O5S3/c1-3-33-24(30)22-21(17-9-5-4-6-10-17)26-25(35-22)27-23(29)18-13-15-28(16-14-18)36(31,32)20-12-8-7-11-19(20)34-2/h4-12,18H,3,13-16H2,1-2H3,(H,26,27,29). The van der Waals surface area contributed by atoms with Crippen LogP contribution in [-0.4, -0.2) is 55.5 Å². The third kappa shape index (κ3) is 5.64. The Labute approximate surface area is 219 Å². The number of anilines is 1. The van der Waals surface area contributed by atoms with E-state index in [2.05, 4.69) is 10.3 Å². The van der Waals surface area contributed by atoms with Gasteiger partial charge in [-0.1, -0.05) is 53.8 Å². The molecule has 1 fully saturated rings. The van der Waals surface area contributed by atoms with Crippen LogP contribution in [0, 0.1) is 5.92 Å². The molecule has 11 heteroatoms. The van der Waals surface area contributed by atoms with Crippen LogP contribution in [-0.2, 0) is 19.6 Å². The Balaban J connectivity index is 1.45. The normalized spacial score (nSPS) is 14.9. The monoisotopic (exact) mass is 545 g/mol. The minimum atomic E-state index is -3.64. The van der Waals surface area contributed by atoms with Crippen LogP contribution in [0.25, 0.3) is 11.3 Å². The highest BCUT2D eigenvalue weighted by Gasteiger charge is 2.33. The van der Waals surface area contributed by atoms with E-state index in [4.69, 9.17) is 4.74 Å². The molecule has 0 aliphatic carbocycles. The van der Waals surface area contributed by atoms with Crippen molar-refractivity contribution in [3.05, 3.63) is 59.5 Å². The zero-order valence-corrected chi connectivity index (χ0v) is 22.4. The number of benzene rings is 2.